The fraction of sp³-hybridized carbons (Fsp3) is 0.545. The van der Waals surface area contributed by atoms with Gasteiger partial charge in [-0.25, -0.2) is 0 Å². The Hall–Kier alpha value is -0.430. The lowest BCUT2D eigenvalue weighted by molar-refractivity contribution is -0.130. The molecule has 0 spiro atoms. The van der Waals surface area contributed by atoms with Gasteiger partial charge < -0.3 is 10.6 Å². The highest BCUT2D eigenvalue weighted by Gasteiger charge is 2.20. The van der Waals surface area contributed by atoms with Gasteiger partial charge in [-0.05, 0) is 35.1 Å². The molecule has 0 aromatic carbocycles. The van der Waals surface area contributed by atoms with Crippen LogP contribution in [-0.2, 0) is 4.79 Å². The molecule has 1 unspecified atom stereocenters. The third-order valence-corrected chi connectivity index (χ3v) is 4.29. The van der Waals surface area contributed by atoms with Gasteiger partial charge in [-0.3, -0.25) is 9.69 Å². The second kappa shape index (κ2) is 6.49. The summed E-state index contributed by atoms with van der Waals surface area (Å²) in [5.74, 6) is 0.0848. The zero-order valence-electron chi connectivity index (χ0n) is 10.3. The van der Waals surface area contributed by atoms with Crippen LogP contribution in [0.15, 0.2) is 15.9 Å². The summed E-state index contributed by atoms with van der Waals surface area (Å²) < 4.78 is 1.08. The van der Waals surface area contributed by atoms with Crippen molar-refractivity contribution in [3.05, 3.63) is 20.8 Å². The van der Waals surface area contributed by atoms with E-state index in [1.165, 1.54) is 4.88 Å². The van der Waals surface area contributed by atoms with Crippen molar-refractivity contribution < 1.29 is 4.79 Å². The molecule has 1 rings (SSSR count). The summed E-state index contributed by atoms with van der Waals surface area (Å²) in [5.41, 5.74) is 5.79. The van der Waals surface area contributed by atoms with E-state index in [1.807, 2.05) is 24.1 Å². The number of nitrogens with zero attached hydrogens (tertiary/aromatic N) is 2. The summed E-state index contributed by atoms with van der Waals surface area (Å²) in [5, 5.41) is 0. The van der Waals surface area contributed by atoms with E-state index in [1.54, 1.807) is 30.3 Å². The van der Waals surface area contributed by atoms with Crippen LogP contribution in [0.25, 0.3) is 0 Å². The van der Waals surface area contributed by atoms with Gasteiger partial charge in [-0.1, -0.05) is 0 Å². The molecule has 0 saturated carbocycles. The Morgan fingerprint density at radius 1 is 1.47 bits per heavy atom. The van der Waals surface area contributed by atoms with Gasteiger partial charge in [-0.2, -0.15) is 0 Å². The van der Waals surface area contributed by atoms with E-state index in [9.17, 15) is 4.79 Å². The van der Waals surface area contributed by atoms with Crippen LogP contribution < -0.4 is 5.73 Å². The lowest BCUT2D eigenvalue weighted by Gasteiger charge is -2.26. The summed E-state index contributed by atoms with van der Waals surface area (Å²) in [6, 6.07) is 4.14. The van der Waals surface area contributed by atoms with Crippen molar-refractivity contribution in [3.8, 4) is 0 Å². The van der Waals surface area contributed by atoms with Crippen molar-refractivity contribution in [1.29, 1.82) is 0 Å². The molecule has 1 heterocycles. The van der Waals surface area contributed by atoms with Crippen molar-refractivity contribution in [3.63, 3.8) is 0 Å². The van der Waals surface area contributed by atoms with Crippen LogP contribution in [0.3, 0.4) is 0 Å². The largest absolute Gasteiger partial charge is 0.348 e. The monoisotopic (exact) mass is 319 g/mol. The number of halogens is 1. The number of nitrogens with two attached hydrogens (primary N) is 1. The van der Waals surface area contributed by atoms with Crippen LogP contribution in [0.1, 0.15) is 10.9 Å². The van der Waals surface area contributed by atoms with Crippen molar-refractivity contribution in [1.82, 2.24) is 9.80 Å². The van der Waals surface area contributed by atoms with E-state index in [4.69, 9.17) is 5.73 Å². The van der Waals surface area contributed by atoms with Gasteiger partial charge in [-0.15, -0.1) is 11.3 Å². The number of hydrogen-bond acceptors (Lipinski definition) is 4. The standard InChI is InChI=1S/C11H18BrN3OS/c1-14(2)11(16)7-15(3)8(6-13)9-4-5-10(12)17-9/h4-5,8H,6-7,13H2,1-3H3. The van der Waals surface area contributed by atoms with E-state index >= 15 is 0 Å². The molecule has 0 radical (unpaired) electrons. The van der Waals surface area contributed by atoms with Gasteiger partial charge in [0.15, 0.2) is 0 Å². The molecule has 6 heteroatoms. The van der Waals surface area contributed by atoms with Gasteiger partial charge in [0.2, 0.25) is 5.91 Å². The molecule has 4 nitrogen and oxygen atoms in total. The van der Waals surface area contributed by atoms with Crippen molar-refractivity contribution in [2.75, 3.05) is 34.2 Å². The Morgan fingerprint density at radius 2 is 2.12 bits per heavy atom. The molecular weight excluding hydrogens is 302 g/mol. The van der Waals surface area contributed by atoms with Crippen LogP contribution >= 0.6 is 27.3 Å². The van der Waals surface area contributed by atoms with Crippen molar-refractivity contribution in [2.24, 2.45) is 5.73 Å². The fourth-order valence-electron chi connectivity index (χ4n) is 1.49. The van der Waals surface area contributed by atoms with E-state index in [0.717, 1.165) is 3.79 Å². The maximum absolute atomic E-state index is 11.6. The van der Waals surface area contributed by atoms with Gasteiger partial charge >= 0.3 is 0 Å². The first kappa shape index (κ1) is 14.6. The van der Waals surface area contributed by atoms with Gasteiger partial charge in [0.25, 0.3) is 0 Å². The smallest absolute Gasteiger partial charge is 0.236 e. The zero-order valence-corrected chi connectivity index (χ0v) is 12.7. The van der Waals surface area contributed by atoms with Crippen LogP contribution in [0.5, 0.6) is 0 Å². The highest BCUT2D eigenvalue weighted by molar-refractivity contribution is 9.11. The topological polar surface area (TPSA) is 49.6 Å². The van der Waals surface area contributed by atoms with Crippen molar-refractivity contribution >= 4 is 33.2 Å². The third-order valence-electron chi connectivity index (χ3n) is 2.56. The van der Waals surface area contributed by atoms with E-state index in [0.29, 0.717) is 13.1 Å². The molecule has 2 N–H and O–H groups in total. The lowest BCUT2D eigenvalue weighted by Crippen LogP contribution is -2.38. The normalized spacial score (nSPS) is 12.8. The molecule has 1 aromatic heterocycles. The highest BCUT2D eigenvalue weighted by Crippen LogP contribution is 2.29. The first-order valence-electron chi connectivity index (χ1n) is 5.31. The number of thiophene rings is 1. The average Bonchev–Trinajstić information content (AvgIpc) is 2.65. The molecule has 1 aromatic rings. The number of carbonyl (C=O) groups is 1. The lowest BCUT2D eigenvalue weighted by atomic mass is 10.2. The molecular formula is C11H18BrN3OS. The Labute approximate surface area is 115 Å². The first-order chi connectivity index (χ1) is 7.95. The van der Waals surface area contributed by atoms with Gasteiger partial charge in [0.1, 0.15) is 0 Å². The minimum Gasteiger partial charge on any atom is -0.348 e. The molecule has 96 valence electrons. The van der Waals surface area contributed by atoms with Crippen molar-refractivity contribution in [2.45, 2.75) is 6.04 Å². The molecule has 0 aliphatic heterocycles. The van der Waals surface area contributed by atoms with E-state index < -0.39 is 0 Å². The molecule has 1 atom stereocenters. The summed E-state index contributed by atoms with van der Waals surface area (Å²) in [4.78, 5) is 16.4. The van der Waals surface area contributed by atoms with Crippen LogP contribution in [0.2, 0.25) is 0 Å². The highest BCUT2D eigenvalue weighted by atomic mass is 79.9. The minimum absolute atomic E-state index is 0.0848. The van der Waals surface area contributed by atoms with Crippen LogP contribution in [0, 0.1) is 0 Å². The molecule has 0 fully saturated rings. The SMILES string of the molecule is CN(C)C(=O)CN(C)C(CN)c1ccc(Br)s1. The second-order valence-electron chi connectivity index (χ2n) is 4.10. The zero-order chi connectivity index (χ0) is 13.0. The van der Waals surface area contributed by atoms with Crippen LogP contribution in [0.4, 0.5) is 0 Å². The van der Waals surface area contributed by atoms with Gasteiger partial charge in [0.05, 0.1) is 16.4 Å². The molecule has 0 saturated heterocycles. The predicted molar refractivity (Wildman–Crippen MR) is 75.1 cm³/mol. The predicted octanol–water partition coefficient (Wildman–Crippen LogP) is 1.53. The van der Waals surface area contributed by atoms with E-state index in [-0.39, 0.29) is 11.9 Å². The molecule has 0 bridgehead atoms. The van der Waals surface area contributed by atoms with Gasteiger partial charge in [0, 0.05) is 25.5 Å². The Morgan fingerprint density at radius 3 is 2.53 bits per heavy atom. The summed E-state index contributed by atoms with van der Waals surface area (Å²) in [6.07, 6.45) is 0. The quantitative estimate of drug-likeness (QED) is 0.895. The molecule has 1 amide bonds. The third kappa shape index (κ3) is 4.06. The molecule has 0 aliphatic rings. The summed E-state index contributed by atoms with van der Waals surface area (Å²) >= 11 is 5.09. The number of hydrogen-bond donors (Lipinski definition) is 1. The first-order valence-corrected chi connectivity index (χ1v) is 6.92. The average molecular weight is 320 g/mol. The number of amides is 1. The summed E-state index contributed by atoms with van der Waals surface area (Å²) in [7, 11) is 5.44. The van der Waals surface area contributed by atoms with E-state index in [2.05, 4.69) is 15.9 Å². The second-order valence-corrected chi connectivity index (χ2v) is 6.59. The number of carbonyl (C=O) groups excluding carboxylic acids is 1. The Balaban J connectivity index is 2.71. The maximum atomic E-state index is 11.6. The Bertz CT molecular complexity index is 381. The number of likely N-dealkylation sites (N-methyl/N-ethyl adjacent to an activating group) is 2. The summed E-state index contributed by atoms with van der Waals surface area (Å²) in [6.45, 7) is 0.883. The maximum Gasteiger partial charge on any atom is 0.236 e. The minimum atomic E-state index is 0.0848. The number of rotatable bonds is 5. The fourth-order valence-corrected chi connectivity index (χ4v) is 3.09. The van der Waals surface area contributed by atoms with Crippen LogP contribution in [-0.4, -0.2) is 49.9 Å². The Kier molecular flexibility index (Phi) is 5.58. The molecule has 0 aliphatic carbocycles. The molecule has 17 heavy (non-hydrogen) atoms.